The number of fused-ring (bicyclic) bond motifs is 1. The van der Waals surface area contributed by atoms with Crippen LogP contribution in [-0.2, 0) is 6.54 Å². The number of imidazole rings is 1. The van der Waals surface area contributed by atoms with E-state index in [4.69, 9.17) is 0 Å². The molecule has 3 rings (SSSR count). The number of halogens is 1. The Bertz CT molecular complexity index is 627. The minimum Gasteiger partial charge on any atom is -0.325 e. The molecule has 0 aliphatic carbocycles. The van der Waals surface area contributed by atoms with E-state index in [1.54, 1.807) is 11.3 Å². The van der Waals surface area contributed by atoms with Crippen molar-refractivity contribution in [3.05, 3.63) is 51.4 Å². The Labute approximate surface area is 106 Å². The Hall–Kier alpha value is -1.13. The summed E-state index contributed by atoms with van der Waals surface area (Å²) >= 11 is 5.24. The average Bonchev–Trinajstić information content (AvgIpc) is 2.87. The molecule has 4 heteroatoms. The van der Waals surface area contributed by atoms with Crippen LogP contribution in [0.4, 0.5) is 0 Å². The highest BCUT2D eigenvalue weighted by Crippen LogP contribution is 2.24. The molecule has 0 unspecified atom stereocenters. The first-order valence-electron chi connectivity index (χ1n) is 4.97. The monoisotopic (exact) mass is 292 g/mol. The lowest BCUT2D eigenvalue weighted by Gasteiger charge is -2.00. The SMILES string of the molecule is Brc1ccc(Cn2cnc3ccccc32)s1. The van der Waals surface area contributed by atoms with Gasteiger partial charge in [-0.2, -0.15) is 0 Å². The van der Waals surface area contributed by atoms with Gasteiger partial charge in [0, 0.05) is 4.88 Å². The van der Waals surface area contributed by atoms with E-state index in [-0.39, 0.29) is 0 Å². The van der Waals surface area contributed by atoms with Crippen molar-refractivity contribution in [2.24, 2.45) is 0 Å². The second-order valence-corrected chi connectivity index (χ2v) is 6.11. The molecule has 1 aromatic carbocycles. The van der Waals surface area contributed by atoms with Gasteiger partial charge in [-0.05, 0) is 40.2 Å². The molecule has 0 saturated carbocycles. The van der Waals surface area contributed by atoms with Crippen molar-refractivity contribution in [3.8, 4) is 0 Å². The molecule has 0 radical (unpaired) electrons. The first-order chi connectivity index (χ1) is 7.83. The number of hydrogen-bond acceptors (Lipinski definition) is 2. The van der Waals surface area contributed by atoms with Crippen LogP contribution in [0.3, 0.4) is 0 Å². The number of nitrogens with zero attached hydrogens (tertiary/aromatic N) is 2. The zero-order chi connectivity index (χ0) is 11.0. The van der Waals surface area contributed by atoms with Gasteiger partial charge in [-0.15, -0.1) is 11.3 Å². The molecule has 0 spiro atoms. The van der Waals surface area contributed by atoms with Gasteiger partial charge in [0.1, 0.15) is 0 Å². The largest absolute Gasteiger partial charge is 0.325 e. The number of para-hydroxylation sites is 2. The molecule has 2 heterocycles. The van der Waals surface area contributed by atoms with Gasteiger partial charge in [-0.1, -0.05) is 12.1 Å². The Balaban J connectivity index is 2.00. The fourth-order valence-corrected chi connectivity index (χ4v) is 3.22. The van der Waals surface area contributed by atoms with E-state index in [2.05, 4.69) is 43.7 Å². The lowest BCUT2D eigenvalue weighted by Crippen LogP contribution is -1.94. The molecule has 0 aliphatic heterocycles. The summed E-state index contributed by atoms with van der Waals surface area (Å²) in [5, 5.41) is 0. The van der Waals surface area contributed by atoms with Crippen LogP contribution in [0.2, 0.25) is 0 Å². The summed E-state index contributed by atoms with van der Waals surface area (Å²) < 4.78 is 3.35. The molecule has 0 aliphatic rings. The summed E-state index contributed by atoms with van der Waals surface area (Å²) in [6.45, 7) is 0.886. The highest BCUT2D eigenvalue weighted by molar-refractivity contribution is 9.11. The summed E-state index contributed by atoms with van der Waals surface area (Å²) in [6, 6.07) is 12.4. The molecule has 0 saturated heterocycles. The highest BCUT2D eigenvalue weighted by atomic mass is 79.9. The summed E-state index contributed by atoms with van der Waals surface area (Å²) in [5.41, 5.74) is 2.24. The highest BCUT2D eigenvalue weighted by Gasteiger charge is 2.03. The van der Waals surface area contributed by atoms with Crippen LogP contribution >= 0.6 is 27.3 Å². The molecular weight excluding hydrogens is 284 g/mol. The molecule has 3 aromatic rings. The minimum atomic E-state index is 0.886. The normalized spacial score (nSPS) is 11.1. The van der Waals surface area contributed by atoms with Crippen LogP contribution in [-0.4, -0.2) is 9.55 Å². The topological polar surface area (TPSA) is 17.8 Å². The number of aromatic nitrogens is 2. The van der Waals surface area contributed by atoms with Gasteiger partial charge in [0.25, 0.3) is 0 Å². The van der Waals surface area contributed by atoms with E-state index in [1.165, 1.54) is 14.2 Å². The van der Waals surface area contributed by atoms with Crippen LogP contribution in [0.5, 0.6) is 0 Å². The standard InChI is InChI=1S/C12H9BrN2S/c13-12-6-5-9(16-12)7-15-8-14-10-3-1-2-4-11(10)15/h1-6,8H,7H2. The molecule has 0 fully saturated rings. The van der Waals surface area contributed by atoms with E-state index < -0.39 is 0 Å². The maximum absolute atomic E-state index is 4.38. The third kappa shape index (κ3) is 1.79. The zero-order valence-electron chi connectivity index (χ0n) is 8.43. The summed E-state index contributed by atoms with van der Waals surface area (Å²) in [7, 11) is 0. The van der Waals surface area contributed by atoms with Gasteiger partial charge < -0.3 is 4.57 Å². The van der Waals surface area contributed by atoms with E-state index >= 15 is 0 Å². The summed E-state index contributed by atoms with van der Waals surface area (Å²) in [5.74, 6) is 0. The van der Waals surface area contributed by atoms with Crippen LogP contribution in [0.15, 0.2) is 46.5 Å². The Kier molecular flexibility index (Phi) is 2.53. The van der Waals surface area contributed by atoms with Gasteiger partial charge in [0.2, 0.25) is 0 Å². The van der Waals surface area contributed by atoms with Crippen LogP contribution in [0.1, 0.15) is 4.88 Å². The van der Waals surface area contributed by atoms with Crippen molar-refractivity contribution < 1.29 is 0 Å². The molecule has 0 amide bonds. The van der Waals surface area contributed by atoms with Gasteiger partial charge in [0.15, 0.2) is 0 Å². The Morgan fingerprint density at radius 1 is 1.19 bits per heavy atom. The van der Waals surface area contributed by atoms with Gasteiger partial charge in [-0.25, -0.2) is 4.98 Å². The van der Waals surface area contributed by atoms with Crippen LogP contribution in [0, 0.1) is 0 Å². The molecule has 0 atom stereocenters. The maximum Gasteiger partial charge on any atom is 0.0961 e. The minimum absolute atomic E-state index is 0.886. The lowest BCUT2D eigenvalue weighted by atomic mass is 10.3. The van der Waals surface area contributed by atoms with E-state index in [0.29, 0.717) is 0 Å². The molecule has 80 valence electrons. The number of thiophene rings is 1. The second kappa shape index (κ2) is 4.03. The molecular formula is C12H9BrN2S. The first-order valence-corrected chi connectivity index (χ1v) is 6.58. The maximum atomic E-state index is 4.38. The van der Waals surface area contributed by atoms with Crippen LogP contribution in [0.25, 0.3) is 11.0 Å². The summed E-state index contributed by atoms with van der Waals surface area (Å²) in [6.07, 6.45) is 1.90. The fourth-order valence-electron chi connectivity index (χ4n) is 1.74. The fraction of sp³-hybridized carbons (Fsp3) is 0.0833. The van der Waals surface area contributed by atoms with Crippen LogP contribution < -0.4 is 0 Å². The Morgan fingerprint density at radius 2 is 2.06 bits per heavy atom. The molecule has 0 bridgehead atoms. The van der Waals surface area contributed by atoms with Gasteiger partial charge >= 0.3 is 0 Å². The van der Waals surface area contributed by atoms with Gasteiger partial charge in [0.05, 0.1) is 27.7 Å². The molecule has 16 heavy (non-hydrogen) atoms. The van der Waals surface area contributed by atoms with Crippen molar-refractivity contribution in [2.45, 2.75) is 6.54 Å². The van der Waals surface area contributed by atoms with Crippen molar-refractivity contribution in [1.29, 1.82) is 0 Å². The van der Waals surface area contributed by atoms with Crippen molar-refractivity contribution in [2.75, 3.05) is 0 Å². The molecule has 2 aromatic heterocycles. The third-order valence-electron chi connectivity index (χ3n) is 2.48. The first kappa shape index (κ1) is 10.1. The Morgan fingerprint density at radius 3 is 2.88 bits per heavy atom. The smallest absolute Gasteiger partial charge is 0.0961 e. The van der Waals surface area contributed by atoms with Gasteiger partial charge in [-0.3, -0.25) is 0 Å². The molecule has 2 nitrogen and oxygen atoms in total. The summed E-state index contributed by atoms with van der Waals surface area (Å²) in [4.78, 5) is 5.71. The average molecular weight is 293 g/mol. The number of hydrogen-bond donors (Lipinski definition) is 0. The molecule has 0 N–H and O–H groups in total. The van der Waals surface area contributed by atoms with Crippen molar-refractivity contribution in [3.63, 3.8) is 0 Å². The quantitative estimate of drug-likeness (QED) is 0.700. The second-order valence-electron chi connectivity index (χ2n) is 3.57. The predicted octanol–water partition coefficient (Wildman–Crippen LogP) is 3.91. The van der Waals surface area contributed by atoms with Crippen molar-refractivity contribution in [1.82, 2.24) is 9.55 Å². The van der Waals surface area contributed by atoms with Crippen molar-refractivity contribution >= 4 is 38.3 Å². The lowest BCUT2D eigenvalue weighted by molar-refractivity contribution is 0.838. The van der Waals surface area contributed by atoms with E-state index in [0.717, 1.165) is 12.1 Å². The number of rotatable bonds is 2. The predicted molar refractivity (Wildman–Crippen MR) is 70.9 cm³/mol. The zero-order valence-corrected chi connectivity index (χ0v) is 10.8. The third-order valence-corrected chi connectivity index (χ3v) is 4.09. The van der Waals surface area contributed by atoms with E-state index in [9.17, 15) is 0 Å². The van der Waals surface area contributed by atoms with E-state index in [1.807, 2.05) is 24.5 Å². The number of benzene rings is 1.